The molecule has 174 valence electrons. The summed E-state index contributed by atoms with van der Waals surface area (Å²) < 4.78 is 0. The van der Waals surface area contributed by atoms with E-state index in [1.54, 1.807) is 0 Å². The number of carbonyl (C=O) groups excluding carboxylic acids is 2. The van der Waals surface area contributed by atoms with Crippen LogP contribution in [0.1, 0.15) is 0 Å². The molecule has 0 fully saturated rings. The van der Waals surface area contributed by atoms with E-state index in [4.69, 9.17) is 51.1 Å². The summed E-state index contributed by atoms with van der Waals surface area (Å²) in [6.45, 7) is 0. The Kier molecular flexibility index (Phi) is 25.8. The molecule has 32 heavy (non-hydrogen) atoms. The Labute approximate surface area is 220 Å². The maximum Gasteiger partial charge on any atom is 1.00 e. The Balaban J connectivity index is -0.000000110. The minimum absolute atomic E-state index is 0. The average Bonchev–Trinajstić information content (AvgIpc) is 2.64. The van der Waals surface area contributed by atoms with Gasteiger partial charge in [-0.15, -0.1) is 0 Å². The molecule has 0 rings (SSSR count). The molecule has 0 bridgehead atoms. The van der Waals surface area contributed by atoms with Crippen LogP contribution >= 0.6 is 0 Å². The van der Waals surface area contributed by atoms with Gasteiger partial charge in [-0.25, -0.2) is 19.2 Å². The topological polar surface area (TPSA) is 351 Å². The SMILES string of the molecule is O=C(O)C(O)C(O)C(=O)O.O=C(O)C(O)C(O)C(=O)O.O=C([O-])C(O)C(O)C(=O)[O-].[Na+].[Na+]. The summed E-state index contributed by atoms with van der Waals surface area (Å²) in [7, 11) is 0. The van der Waals surface area contributed by atoms with E-state index in [-0.39, 0.29) is 59.1 Å². The number of aliphatic hydroxyl groups is 6. The zero-order valence-electron chi connectivity index (χ0n) is 16.2. The third-order valence-electron chi connectivity index (χ3n) is 2.39. The molecule has 10 N–H and O–H groups in total. The van der Waals surface area contributed by atoms with Gasteiger partial charge in [-0.1, -0.05) is 0 Å². The van der Waals surface area contributed by atoms with Gasteiger partial charge in [-0.05, 0) is 0 Å². The quantitative estimate of drug-likeness (QED) is 0.133. The van der Waals surface area contributed by atoms with Crippen LogP contribution in [0.4, 0.5) is 0 Å². The van der Waals surface area contributed by atoms with Crippen LogP contribution in [0.25, 0.3) is 0 Å². The first-order chi connectivity index (χ1) is 13.4. The van der Waals surface area contributed by atoms with Crippen molar-refractivity contribution in [1.29, 1.82) is 0 Å². The molecular formula is C12H16Na2O18. The largest absolute Gasteiger partial charge is 1.00 e. The molecule has 0 aromatic rings. The van der Waals surface area contributed by atoms with Gasteiger partial charge in [0, 0.05) is 0 Å². The van der Waals surface area contributed by atoms with Crippen LogP contribution in [-0.2, 0) is 28.8 Å². The van der Waals surface area contributed by atoms with E-state index in [2.05, 4.69) is 0 Å². The maximum atomic E-state index is 9.77. The zero-order chi connectivity index (χ0) is 24.9. The van der Waals surface area contributed by atoms with E-state index in [1.807, 2.05) is 0 Å². The molecule has 0 radical (unpaired) electrons. The third kappa shape index (κ3) is 18.2. The molecule has 0 aromatic heterocycles. The predicted octanol–water partition coefficient (Wildman–Crippen LogP) is -15.0. The summed E-state index contributed by atoms with van der Waals surface area (Å²) in [5.74, 6) is -11.2. The molecule has 6 atom stereocenters. The van der Waals surface area contributed by atoms with Gasteiger partial charge in [-0.2, -0.15) is 0 Å². The summed E-state index contributed by atoms with van der Waals surface area (Å²) in [5, 5.41) is 101. The van der Waals surface area contributed by atoms with E-state index >= 15 is 0 Å². The van der Waals surface area contributed by atoms with Crippen LogP contribution in [0.15, 0.2) is 0 Å². The standard InChI is InChI=1S/3C4H6O6.2Na/c3*5-1(3(7)8)2(6)4(9)10;;/h3*1-2,5-6H,(H,7,8)(H,9,10);;/q;;;2*+1/p-2. The van der Waals surface area contributed by atoms with Crippen LogP contribution in [0.2, 0.25) is 0 Å². The second kappa shape index (κ2) is 20.2. The Morgan fingerprint density at radius 1 is 0.406 bits per heavy atom. The first-order valence-electron chi connectivity index (χ1n) is 6.81. The molecule has 18 nitrogen and oxygen atoms in total. The van der Waals surface area contributed by atoms with Crippen molar-refractivity contribution in [3.63, 3.8) is 0 Å². The van der Waals surface area contributed by atoms with E-state index in [0.717, 1.165) is 0 Å². The van der Waals surface area contributed by atoms with E-state index < -0.39 is 72.4 Å². The molecule has 0 saturated carbocycles. The molecule has 0 aliphatic rings. The van der Waals surface area contributed by atoms with E-state index in [1.165, 1.54) is 0 Å². The van der Waals surface area contributed by atoms with Gasteiger partial charge in [-0.3, -0.25) is 0 Å². The smallest absolute Gasteiger partial charge is 0.547 e. The fourth-order valence-electron chi connectivity index (χ4n) is 0.798. The minimum Gasteiger partial charge on any atom is -0.547 e. The summed E-state index contributed by atoms with van der Waals surface area (Å²) in [5.41, 5.74) is 0. The van der Waals surface area contributed by atoms with Crippen LogP contribution in [0, 0.1) is 0 Å². The third-order valence-corrected chi connectivity index (χ3v) is 2.39. The van der Waals surface area contributed by atoms with Crippen molar-refractivity contribution >= 4 is 35.8 Å². The van der Waals surface area contributed by atoms with Gasteiger partial charge >= 0.3 is 83.0 Å². The number of aliphatic hydroxyl groups excluding tert-OH is 6. The monoisotopic (exact) mass is 494 g/mol. The van der Waals surface area contributed by atoms with Crippen molar-refractivity contribution in [1.82, 2.24) is 0 Å². The second-order valence-corrected chi connectivity index (χ2v) is 4.66. The molecule has 0 amide bonds. The zero-order valence-corrected chi connectivity index (χ0v) is 20.2. The molecule has 0 aromatic carbocycles. The second-order valence-electron chi connectivity index (χ2n) is 4.66. The number of hydrogen-bond donors (Lipinski definition) is 10. The van der Waals surface area contributed by atoms with Crippen molar-refractivity contribution in [2.75, 3.05) is 0 Å². The average molecular weight is 494 g/mol. The summed E-state index contributed by atoms with van der Waals surface area (Å²) in [6.07, 6.45) is -13.9. The number of carbonyl (C=O) groups is 6. The normalized spacial score (nSPS) is 14.8. The van der Waals surface area contributed by atoms with E-state index in [0.29, 0.717) is 0 Å². The predicted molar refractivity (Wildman–Crippen MR) is 76.6 cm³/mol. The van der Waals surface area contributed by atoms with Crippen LogP contribution in [0.5, 0.6) is 0 Å². The van der Waals surface area contributed by atoms with Crippen LogP contribution in [-0.4, -0.2) is 124 Å². The Hall–Kier alpha value is -1.42. The molecule has 0 heterocycles. The number of aliphatic carboxylic acids is 6. The van der Waals surface area contributed by atoms with Crippen LogP contribution < -0.4 is 69.3 Å². The Morgan fingerprint density at radius 3 is 0.594 bits per heavy atom. The first kappa shape index (κ1) is 40.9. The molecule has 6 unspecified atom stereocenters. The molecule has 0 aliphatic carbocycles. The van der Waals surface area contributed by atoms with Gasteiger partial charge in [0.25, 0.3) is 0 Å². The number of carboxylic acids is 6. The van der Waals surface area contributed by atoms with Crippen molar-refractivity contribution < 1.29 is 149 Å². The Morgan fingerprint density at radius 2 is 0.531 bits per heavy atom. The summed E-state index contributed by atoms with van der Waals surface area (Å²) in [4.78, 5) is 58.4. The van der Waals surface area contributed by atoms with Gasteiger partial charge in [0.05, 0.1) is 11.9 Å². The van der Waals surface area contributed by atoms with E-state index in [9.17, 15) is 39.0 Å². The van der Waals surface area contributed by atoms with Gasteiger partial charge < -0.3 is 70.9 Å². The number of carboxylic acid groups (broad SMARTS) is 6. The van der Waals surface area contributed by atoms with Crippen LogP contribution in [0.3, 0.4) is 0 Å². The van der Waals surface area contributed by atoms with Gasteiger partial charge in [0.1, 0.15) is 12.2 Å². The fraction of sp³-hybridized carbons (Fsp3) is 0.500. The molecule has 20 heteroatoms. The minimum atomic E-state index is -2.44. The number of rotatable bonds is 9. The summed E-state index contributed by atoms with van der Waals surface area (Å²) >= 11 is 0. The molecular weight excluding hydrogens is 478 g/mol. The molecule has 0 spiro atoms. The maximum absolute atomic E-state index is 9.77. The Bertz CT molecular complexity index is 498. The fourth-order valence-corrected chi connectivity index (χ4v) is 0.798. The number of hydrogen-bond acceptors (Lipinski definition) is 14. The van der Waals surface area contributed by atoms with Crippen molar-refractivity contribution in [3.8, 4) is 0 Å². The summed E-state index contributed by atoms with van der Waals surface area (Å²) in [6, 6.07) is 0. The van der Waals surface area contributed by atoms with Gasteiger partial charge in [0.15, 0.2) is 24.4 Å². The molecule has 0 saturated heterocycles. The van der Waals surface area contributed by atoms with Crippen molar-refractivity contribution in [3.05, 3.63) is 0 Å². The molecule has 0 aliphatic heterocycles. The van der Waals surface area contributed by atoms with Crippen molar-refractivity contribution in [2.24, 2.45) is 0 Å². The first-order valence-corrected chi connectivity index (χ1v) is 6.81. The van der Waals surface area contributed by atoms with Gasteiger partial charge in [0.2, 0.25) is 0 Å². The van der Waals surface area contributed by atoms with Crippen molar-refractivity contribution in [2.45, 2.75) is 36.6 Å².